The van der Waals surface area contributed by atoms with E-state index in [0.717, 1.165) is 38.6 Å². The van der Waals surface area contributed by atoms with E-state index < -0.39 is 88.8 Å². The molecule has 4 aliphatic rings. The second kappa shape index (κ2) is 19.9. The fraction of sp³-hybridized carbons (Fsp3) is 0.489. The number of aliphatic hydroxyl groups excluding tert-OH is 2. The van der Waals surface area contributed by atoms with Gasteiger partial charge < -0.3 is 54.7 Å². The summed E-state index contributed by atoms with van der Waals surface area (Å²) in [6.45, 7) is 14.2. The minimum Gasteiger partial charge on any atom is -0.507 e. The number of phenols is 3. The van der Waals surface area contributed by atoms with E-state index >= 15 is 0 Å². The van der Waals surface area contributed by atoms with E-state index in [1.165, 1.54) is 53.2 Å². The number of piperidine rings is 1. The first-order valence-corrected chi connectivity index (χ1v) is 21.8. The van der Waals surface area contributed by atoms with Crippen molar-refractivity contribution in [1.29, 1.82) is 0 Å². The largest absolute Gasteiger partial charge is 0.507 e. The summed E-state index contributed by atoms with van der Waals surface area (Å²) in [6, 6.07) is 3.48. The maximum Gasteiger partial charge on any atom is 0.312 e. The summed E-state index contributed by atoms with van der Waals surface area (Å²) < 4.78 is 23.6. The topological polar surface area (TPSA) is 255 Å². The lowest BCUT2D eigenvalue weighted by Gasteiger charge is -2.38. The summed E-state index contributed by atoms with van der Waals surface area (Å²) in [6.07, 6.45) is 7.80. The first kappa shape index (κ1) is 48.2. The number of aromatic nitrogens is 2. The number of nitrogens with zero attached hydrogens (tertiary/aromatic N) is 4. The number of fused-ring (bicyclic) bond motifs is 14. The second-order valence-corrected chi connectivity index (χ2v) is 17.3. The summed E-state index contributed by atoms with van der Waals surface area (Å²) >= 11 is 0. The number of hydrazone groups is 1. The van der Waals surface area contributed by atoms with Gasteiger partial charge in [0.05, 0.1) is 53.0 Å². The molecule has 1 fully saturated rings. The summed E-state index contributed by atoms with van der Waals surface area (Å²) in [4.78, 5) is 42.9. The molecular formula is C47H60N6O12. The van der Waals surface area contributed by atoms with Crippen LogP contribution in [0.2, 0.25) is 0 Å². The van der Waals surface area contributed by atoms with E-state index in [4.69, 9.17) is 18.9 Å². The molecule has 9 unspecified atom stereocenters. The van der Waals surface area contributed by atoms with E-state index in [1.54, 1.807) is 52.0 Å². The van der Waals surface area contributed by atoms with Gasteiger partial charge in [-0.15, -0.1) is 10.2 Å². The molecule has 7 rings (SSSR count). The van der Waals surface area contributed by atoms with Gasteiger partial charge in [-0.05, 0) is 51.3 Å². The number of rotatable bonds is 6. The monoisotopic (exact) mass is 900 g/mol. The molecule has 0 spiro atoms. The van der Waals surface area contributed by atoms with Crippen LogP contribution in [0.3, 0.4) is 0 Å². The molecule has 18 heteroatoms. The van der Waals surface area contributed by atoms with Gasteiger partial charge in [0.25, 0.3) is 11.7 Å². The average Bonchev–Trinajstić information content (AvgIpc) is 3.55. The Morgan fingerprint density at radius 3 is 2.31 bits per heavy atom. The Bertz CT molecular complexity index is 2410. The molecule has 350 valence electrons. The molecule has 1 saturated heterocycles. The van der Waals surface area contributed by atoms with E-state index in [1.807, 2.05) is 0 Å². The molecule has 65 heavy (non-hydrogen) atoms. The third-order valence-corrected chi connectivity index (χ3v) is 12.7. The SMILES string of the molecule is COC1C=COC2(C)Oc3c(C)c(O)c4c(O)c(c(C=NNc5ccc(N6CCCCC6)nn5)c(O)c4c3C2=O)NC(=O)C(C)=CC=CC(C)C(O)C(C)C(O)C(C)C(OC(C)=O)C1C. The van der Waals surface area contributed by atoms with E-state index in [2.05, 4.69) is 30.9 Å². The fourth-order valence-corrected chi connectivity index (χ4v) is 8.71. The van der Waals surface area contributed by atoms with Gasteiger partial charge in [-0.1, -0.05) is 45.9 Å². The number of aliphatic hydroxyl groups is 2. The van der Waals surface area contributed by atoms with Crippen molar-refractivity contribution in [1.82, 2.24) is 10.2 Å². The van der Waals surface area contributed by atoms with Crippen molar-refractivity contribution in [3.8, 4) is 23.0 Å². The molecule has 2 aromatic carbocycles. The number of carbonyl (C=O) groups excluding carboxylic acids is 3. The number of anilines is 3. The Labute approximate surface area is 377 Å². The Morgan fingerprint density at radius 2 is 1.66 bits per heavy atom. The Hall–Kier alpha value is -6.24. The molecule has 1 aromatic heterocycles. The van der Waals surface area contributed by atoms with Crippen LogP contribution in [0.25, 0.3) is 10.8 Å². The number of nitrogens with one attached hydrogen (secondary N) is 2. The van der Waals surface area contributed by atoms with Crippen molar-refractivity contribution >= 4 is 52.0 Å². The number of methoxy groups -OCH3 is 1. The lowest BCUT2D eigenvalue weighted by molar-refractivity contribution is -0.160. The summed E-state index contributed by atoms with van der Waals surface area (Å²) in [5.74, 6) is -7.82. The Balaban J connectivity index is 1.47. The molecule has 5 bridgehead atoms. The van der Waals surface area contributed by atoms with Crippen molar-refractivity contribution in [2.45, 2.75) is 105 Å². The number of aromatic hydroxyl groups is 3. The fourth-order valence-electron chi connectivity index (χ4n) is 8.71. The van der Waals surface area contributed by atoms with Gasteiger partial charge in [0.1, 0.15) is 23.4 Å². The maximum absolute atomic E-state index is 14.5. The van der Waals surface area contributed by atoms with Crippen LogP contribution in [0.15, 0.2) is 53.4 Å². The van der Waals surface area contributed by atoms with Gasteiger partial charge in [-0.25, -0.2) is 0 Å². The van der Waals surface area contributed by atoms with Crippen LogP contribution < -0.4 is 20.4 Å². The molecule has 0 radical (unpaired) electrons. The average molecular weight is 901 g/mol. The number of carbonyl (C=O) groups is 3. The summed E-state index contributed by atoms with van der Waals surface area (Å²) in [5, 5.41) is 73.5. The molecule has 0 aliphatic carbocycles. The van der Waals surface area contributed by atoms with Crippen LogP contribution in [0.5, 0.6) is 23.0 Å². The Morgan fingerprint density at radius 1 is 0.954 bits per heavy atom. The van der Waals surface area contributed by atoms with Crippen LogP contribution in [-0.2, 0) is 23.8 Å². The predicted molar refractivity (Wildman–Crippen MR) is 243 cm³/mol. The number of phenolic OH excluding ortho intramolecular Hbond substituents is 3. The van der Waals surface area contributed by atoms with Gasteiger partial charge in [-0.2, -0.15) is 5.10 Å². The molecule has 9 atom stereocenters. The third kappa shape index (κ3) is 9.74. The molecule has 4 aliphatic heterocycles. The highest BCUT2D eigenvalue weighted by molar-refractivity contribution is 6.24. The predicted octanol–water partition coefficient (Wildman–Crippen LogP) is 5.98. The van der Waals surface area contributed by atoms with Crippen LogP contribution in [0.4, 0.5) is 17.3 Å². The van der Waals surface area contributed by atoms with Gasteiger partial charge in [-0.3, -0.25) is 19.8 Å². The zero-order valence-electron chi connectivity index (χ0n) is 38.2. The van der Waals surface area contributed by atoms with Crippen molar-refractivity contribution < 1.29 is 58.9 Å². The number of ether oxygens (including phenoxy) is 4. The van der Waals surface area contributed by atoms with Crippen LogP contribution in [0.1, 0.15) is 89.2 Å². The summed E-state index contributed by atoms with van der Waals surface area (Å²) in [5.41, 5.74) is 2.08. The number of Topliss-reactive ketones (excluding diaryl/α,β-unsaturated/α-hetero) is 1. The molecule has 5 heterocycles. The van der Waals surface area contributed by atoms with E-state index in [-0.39, 0.29) is 50.3 Å². The zero-order chi connectivity index (χ0) is 47.5. The standard InChI is InChI=1S/C47H60N6O12/c1-23-14-13-15-24(2)46(61)49-37-30(22-48-50-32-16-17-33(52-51-32)53-19-11-10-12-20-53)41(58)34-35(42(37)59)40(57)28(6)44-36(34)45(60)47(8,65-44)63-21-18-31(62-9)25(3)43(64-29(7)54)27(5)39(56)26(4)38(23)55/h13-18,21-23,25-27,31,38-39,43,55-59H,10-12,19-20H2,1-9H3,(H,49,61)(H,50,51). The van der Waals surface area contributed by atoms with Crippen LogP contribution in [0, 0.1) is 30.6 Å². The molecular weight excluding hydrogens is 841 g/mol. The maximum atomic E-state index is 14.5. The van der Waals surface area contributed by atoms with Crippen molar-refractivity contribution in [2.75, 3.05) is 35.8 Å². The van der Waals surface area contributed by atoms with E-state index in [0.29, 0.717) is 5.82 Å². The van der Waals surface area contributed by atoms with Crippen LogP contribution >= 0.6 is 0 Å². The second-order valence-electron chi connectivity index (χ2n) is 17.3. The number of amides is 1. The first-order chi connectivity index (χ1) is 30.8. The van der Waals surface area contributed by atoms with Gasteiger partial charge in [0.2, 0.25) is 0 Å². The van der Waals surface area contributed by atoms with Gasteiger partial charge in [0.15, 0.2) is 17.4 Å². The normalized spacial score (nSPS) is 28.0. The van der Waals surface area contributed by atoms with E-state index in [9.17, 15) is 39.9 Å². The van der Waals surface area contributed by atoms with Gasteiger partial charge >= 0.3 is 11.8 Å². The summed E-state index contributed by atoms with van der Waals surface area (Å²) in [7, 11) is 1.43. The van der Waals surface area contributed by atoms with Gasteiger partial charge in [0, 0.05) is 74.2 Å². The van der Waals surface area contributed by atoms with Crippen molar-refractivity contribution in [3.63, 3.8) is 0 Å². The molecule has 7 N–H and O–H groups in total. The number of benzene rings is 2. The lowest BCUT2D eigenvalue weighted by Crippen LogP contribution is -2.46. The molecule has 18 nitrogen and oxygen atoms in total. The molecule has 0 saturated carbocycles. The number of allylic oxidation sites excluding steroid dienone is 2. The number of esters is 1. The number of hydrogen-bond donors (Lipinski definition) is 7. The molecule has 1 amide bonds. The quantitative estimate of drug-likeness (QED) is 0.0494. The van der Waals surface area contributed by atoms with Crippen molar-refractivity contribution in [3.05, 3.63) is 65.0 Å². The number of hydrogen-bond acceptors (Lipinski definition) is 17. The lowest BCUT2D eigenvalue weighted by atomic mass is 9.78. The highest BCUT2D eigenvalue weighted by atomic mass is 16.7. The van der Waals surface area contributed by atoms with Crippen molar-refractivity contribution in [2.24, 2.45) is 28.8 Å². The third-order valence-electron chi connectivity index (χ3n) is 12.7. The highest BCUT2D eigenvalue weighted by Crippen LogP contribution is 2.55. The molecule has 3 aromatic rings. The number of ketones is 1. The minimum absolute atomic E-state index is 0.0243. The zero-order valence-corrected chi connectivity index (χ0v) is 38.2. The minimum atomic E-state index is -2.08. The Kier molecular flexibility index (Phi) is 14.7. The first-order valence-electron chi connectivity index (χ1n) is 21.8. The highest BCUT2D eigenvalue weighted by Gasteiger charge is 2.50. The van der Waals surface area contributed by atoms with Crippen LogP contribution in [-0.4, -0.2) is 110 Å². The smallest absolute Gasteiger partial charge is 0.312 e.